The Hall–Kier alpha value is -0.930. The van der Waals surface area contributed by atoms with Gasteiger partial charge in [0.05, 0.1) is 6.61 Å². The summed E-state index contributed by atoms with van der Waals surface area (Å²) in [5, 5.41) is 3.00. The molecule has 1 heterocycles. The zero-order valence-corrected chi connectivity index (χ0v) is 7.51. The zero-order chi connectivity index (χ0) is 9.26. The molecular formula is C10H12FNO. The predicted octanol–water partition coefficient (Wildman–Crippen LogP) is 1.62. The number of fused-ring (bicyclic) bond motifs is 1. The highest BCUT2D eigenvalue weighted by molar-refractivity contribution is 5.31. The van der Waals surface area contributed by atoms with E-state index in [-0.39, 0.29) is 12.0 Å². The number of halogens is 1. The monoisotopic (exact) mass is 181 g/mol. The van der Waals surface area contributed by atoms with Crippen molar-refractivity contribution in [2.75, 3.05) is 13.7 Å². The van der Waals surface area contributed by atoms with Crippen LogP contribution in [0.25, 0.3) is 0 Å². The van der Waals surface area contributed by atoms with Crippen LogP contribution in [0.4, 0.5) is 4.39 Å². The van der Waals surface area contributed by atoms with Crippen LogP contribution in [0.3, 0.4) is 0 Å². The molecule has 70 valence electrons. The molecule has 0 unspecified atom stereocenters. The van der Waals surface area contributed by atoms with E-state index in [2.05, 4.69) is 5.32 Å². The lowest BCUT2D eigenvalue weighted by atomic mass is 10.0. The highest BCUT2D eigenvalue weighted by atomic mass is 19.1. The highest BCUT2D eigenvalue weighted by Gasteiger charge is 2.21. The van der Waals surface area contributed by atoms with Crippen LogP contribution >= 0.6 is 0 Å². The fraction of sp³-hybridized carbons (Fsp3) is 0.400. The summed E-state index contributed by atoms with van der Waals surface area (Å²) in [7, 11) is 1.81. The third kappa shape index (κ3) is 1.45. The van der Waals surface area contributed by atoms with Crippen molar-refractivity contribution in [3.05, 3.63) is 35.1 Å². The van der Waals surface area contributed by atoms with E-state index in [1.165, 1.54) is 6.07 Å². The van der Waals surface area contributed by atoms with Crippen molar-refractivity contribution in [3.63, 3.8) is 0 Å². The molecule has 0 fully saturated rings. The molecule has 0 amide bonds. The minimum absolute atomic E-state index is 0.124. The van der Waals surface area contributed by atoms with Gasteiger partial charge in [0.1, 0.15) is 12.0 Å². The molecular weight excluding hydrogens is 169 g/mol. The van der Waals surface area contributed by atoms with Crippen molar-refractivity contribution in [1.29, 1.82) is 0 Å². The quantitative estimate of drug-likeness (QED) is 0.710. The summed E-state index contributed by atoms with van der Waals surface area (Å²) in [6.45, 7) is 0.583. The van der Waals surface area contributed by atoms with Gasteiger partial charge in [0, 0.05) is 5.56 Å². The summed E-state index contributed by atoms with van der Waals surface area (Å²) in [4.78, 5) is 0. The zero-order valence-electron chi connectivity index (χ0n) is 7.51. The Morgan fingerprint density at radius 1 is 1.54 bits per heavy atom. The van der Waals surface area contributed by atoms with Crippen LogP contribution in [0.15, 0.2) is 18.2 Å². The Morgan fingerprint density at radius 2 is 2.38 bits per heavy atom. The first-order chi connectivity index (χ1) is 6.33. The topological polar surface area (TPSA) is 21.3 Å². The van der Waals surface area contributed by atoms with Crippen LogP contribution < -0.4 is 5.32 Å². The molecule has 1 N–H and O–H groups in total. The molecule has 0 aliphatic carbocycles. The van der Waals surface area contributed by atoms with Crippen molar-refractivity contribution in [2.45, 2.75) is 12.6 Å². The van der Waals surface area contributed by atoms with Crippen molar-refractivity contribution < 1.29 is 9.13 Å². The van der Waals surface area contributed by atoms with Crippen molar-refractivity contribution in [3.8, 4) is 0 Å². The van der Waals surface area contributed by atoms with Crippen LogP contribution in [-0.4, -0.2) is 13.7 Å². The van der Waals surface area contributed by atoms with Gasteiger partial charge in [-0.15, -0.1) is 0 Å². The Kier molecular flexibility index (Phi) is 2.29. The molecule has 1 aromatic carbocycles. The molecule has 2 rings (SSSR count). The molecule has 2 nitrogen and oxygen atoms in total. The van der Waals surface area contributed by atoms with Gasteiger partial charge in [-0.1, -0.05) is 12.1 Å². The van der Waals surface area contributed by atoms with Gasteiger partial charge in [0.2, 0.25) is 0 Å². The number of benzene rings is 1. The average Bonchev–Trinajstić information content (AvgIpc) is 2.18. The maximum atomic E-state index is 13.3. The maximum Gasteiger partial charge on any atom is 0.134 e. The molecule has 1 atom stereocenters. The van der Waals surface area contributed by atoms with E-state index in [1.807, 2.05) is 13.1 Å². The Morgan fingerprint density at radius 3 is 3.15 bits per heavy atom. The number of hydrogen-bond acceptors (Lipinski definition) is 2. The SMILES string of the molecule is CN[C@@H]1OCCc2c(F)cccc21. The van der Waals surface area contributed by atoms with E-state index in [0.29, 0.717) is 13.0 Å². The largest absolute Gasteiger partial charge is 0.359 e. The molecule has 0 spiro atoms. The van der Waals surface area contributed by atoms with Crippen LogP contribution in [-0.2, 0) is 11.2 Å². The Labute approximate surface area is 76.7 Å². The summed E-state index contributed by atoms with van der Waals surface area (Å²) in [5.41, 5.74) is 1.71. The van der Waals surface area contributed by atoms with Gasteiger partial charge in [-0.25, -0.2) is 4.39 Å². The highest BCUT2D eigenvalue weighted by Crippen LogP contribution is 2.26. The number of rotatable bonds is 1. The first-order valence-corrected chi connectivity index (χ1v) is 4.39. The summed E-state index contributed by atoms with van der Waals surface area (Å²) in [6, 6.07) is 5.11. The van der Waals surface area contributed by atoms with Crippen molar-refractivity contribution in [2.24, 2.45) is 0 Å². The first kappa shape index (κ1) is 8.66. The number of hydrogen-bond donors (Lipinski definition) is 1. The lowest BCUT2D eigenvalue weighted by Crippen LogP contribution is -2.26. The first-order valence-electron chi connectivity index (χ1n) is 4.39. The molecule has 3 heteroatoms. The second-order valence-corrected chi connectivity index (χ2v) is 3.10. The summed E-state index contributed by atoms with van der Waals surface area (Å²) in [5.74, 6) is -0.124. The second-order valence-electron chi connectivity index (χ2n) is 3.10. The third-order valence-corrected chi connectivity index (χ3v) is 2.34. The van der Waals surface area contributed by atoms with E-state index >= 15 is 0 Å². The molecule has 0 bridgehead atoms. The standard InChI is InChI=1S/C10H12FNO/c1-12-10-8-3-2-4-9(11)7(8)5-6-13-10/h2-4,10,12H,5-6H2,1H3/t10-/m1/s1. The molecule has 1 aliphatic rings. The van der Waals surface area contributed by atoms with Gasteiger partial charge in [-0.3, -0.25) is 5.32 Å². The molecule has 0 aromatic heterocycles. The van der Waals surface area contributed by atoms with Gasteiger partial charge >= 0.3 is 0 Å². The van der Waals surface area contributed by atoms with E-state index in [9.17, 15) is 4.39 Å². The molecule has 0 saturated heterocycles. The van der Waals surface area contributed by atoms with E-state index < -0.39 is 0 Å². The maximum absolute atomic E-state index is 13.3. The van der Waals surface area contributed by atoms with Crippen LogP contribution in [0.1, 0.15) is 17.4 Å². The van der Waals surface area contributed by atoms with Crippen LogP contribution in [0.2, 0.25) is 0 Å². The summed E-state index contributed by atoms with van der Waals surface area (Å²) >= 11 is 0. The lowest BCUT2D eigenvalue weighted by molar-refractivity contribution is 0.0230. The molecule has 13 heavy (non-hydrogen) atoms. The van der Waals surface area contributed by atoms with Gasteiger partial charge in [0.15, 0.2) is 0 Å². The van der Waals surface area contributed by atoms with E-state index in [4.69, 9.17) is 4.74 Å². The fourth-order valence-electron chi connectivity index (χ4n) is 1.69. The Balaban J connectivity index is 2.45. The molecule has 1 aliphatic heterocycles. The minimum Gasteiger partial charge on any atom is -0.359 e. The lowest BCUT2D eigenvalue weighted by Gasteiger charge is -2.25. The van der Waals surface area contributed by atoms with Crippen molar-refractivity contribution >= 4 is 0 Å². The number of nitrogens with one attached hydrogen (secondary N) is 1. The second kappa shape index (κ2) is 3.44. The normalized spacial score (nSPS) is 21.2. The Bertz CT molecular complexity index is 314. The van der Waals surface area contributed by atoms with E-state index in [1.54, 1.807) is 6.07 Å². The van der Waals surface area contributed by atoms with Crippen molar-refractivity contribution in [1.82, 2.24) is 5.32 Å². The third-order valence-electron chi connectivity index (χ3n) is 2.34. The van der Waals surface area contributed by atoms with Gasteiger partial charge < -0.3 is 4.74 Å². The minimum atomic E-state index is -0.153. The summed E-state index contributed by atoms with van der Waals surface area (Å²) < 4.78 is 18.7. The van der Waals surface area contributed by atoms with Gasteiger partial charge in [-0.05, 0) is 25.1 Å². The molecule has 1 aromatic rings. The average molecular weight is 181 g/mol. The van der Waals surface area contributed by atoms with Gasteiger partial charge in [-0.2, -0.15) is 0 Å². The fourth-order valence-corrected chi connectivity index (χ4v) is 1.69. The predicted molar refractivity (Wildman–Crippen MR) is 47.9 cm³/mol. The van der Waals surface area contributed by atoms with Crippen LogP contribution in [0, 0.1) is 5.82 Å². The van der Waals surface area contributed by atoms with Crippen LogP contribution in [0.5, 0.6) is 0 Å². The van der Waals surface area contributed by atoms with E-state index in [0.717, 1.165) is 11.1 Å². The molecule has 0 saturated carbocycles. The molecule has 0 radical (unpaired) electrons. The smallest absolute Gasteiger partial charge is 0.134 e. The summed E-state index contributed by atoms with van der Waals surface area (Å²) in [6.07, 6.45) is 0.514. The van der Waals surface area contributed by atoms with Gasteiger partial charge in [0.25, 0.3) is 0 Å². The number of ether oxygens (including phenoxy) is 1.